The van der Waals surface area contributed by atoms with Crippen LogP contribution in [0, 0.1) is 5.92 Å². The van der Waals surface area contributed by atoms with Crippen molar-refractivity contribution in [3.8, 4) is 17.2 Å². The summed E-state index contributed by atoms with van der Waals surface area (Å²) >= 11 is 0. The zero-order chi connectivity index (χ0) is 29.7. The van der Waals surface area contributed by atoms with Crippen LogP contribution in [0.15, 0.2) is 103 Å². The molecular weight excluding hydrogens is 548 g/mol. The molecule has 8 heteroatoms. The molecule has 3 aromatic rings. The Labute approximate surface area is 252 Å². The average Bonchev–Trinajstić information content (AvgIpc) is 3.01. The lowest BCUT2D eigenvalue weighted by Crippen LogP contribution is -2.51. The van der Waals surface area contributed by atoms with E-state index in [2.05, 4.69) is 26.8 Å². The molecule has 1 unspecified atom stereocenters. The first kappa shape index (κ1) is 33.4. The maximum Gasteiger partial charge on any atom is 0.680 e. The molecule has 3 aromatic carbocycles. The van der Waals surface area contributed by atoms with Crippen LogP contribution in [-0.4, -0.2) is 55.3 Å². The van der Waals surface area contributed by atoms with Crippen molar-refractivity contribution in [3.05, 3.63) is 103 Å². The predicted molar refractivity (Wildman–Crippen MR) is 168 cm³/mol. The summed E-state index contributed by atoms with van der Waals surface area (Å²) in [6.45, 7) is 8.68. The van der Waals surface area contributed by atoms with Crippen LogP contribution in [0.2, 0.25) is 0 Å². The Balaban J connectivity index is 1.61. The summed E-state index contributed by atoms with van der Waals surface area (Å²) in [6, 6.07) is 28.9. The van der Waals surface area contributed by atoms with Crippen LogP contribution < -0.4 is 14.2 Å². The maximum atomic E-state index is 6.37. The average molecular weight is 595 g/mol. The minimum Gasteiger partial charge on any atom is -0.491 e. The lowest BCUT2D eigenvalue weighted by molar-refractivity contribution is -0.0485. The van der Waals surface area contributed by atoms with E-state index in [9.17, 15) is 0 Å². The number of allylic oxidation sites excluding steroid dienone is 2. The molecule has 3 rings (SSSR count). The third-order valence-electron chi connectivity index (χ3n) is 6.22. The van der Waals surface area contributed by atoms with E-state index in [0.717, 1.165) is 36.5 Å². The first-order valence-electron chi connectivity index (χ1n) is 14.8. The van der Waals surface area contributed by atoms with Gasteiger partial charge in [-0.05, 0) is 75.4 Å². The predicted octanol–water partition coefficient (Wildman–Crippen LogP) is 7.50. The quantitative estimate of drug-likeness (QED) is 0.0678. The molecule has 0 saturated heterocycles. The molecule has 0 amide bonds. The molecule has 7 nitrogen and oxygen atoms in total. The van der Waals surface area contributed by atoms with Crippen LogP contribution in [0.25, 0.3) is 0 Å². The fourth-order valence-electron chi connectivity index (χ4n) is 3.96. The molecule has 0 aromatic heterocycles. The number of benzene rings is 3. The molecule has 0 fully saturated rings. The van der Waals surface area contributed by atoms with Crippen molar-refractivity contribution in [2.24, 2.45) is 5.92 Å². The Morgan fingerprint density at radius 3 is 1.31 bits per heavy atom. The number of hydrogen-bond acceptors (Lipinski definition) is 7. The summed E-state index contributed by atoms with van der Waals surface area (Å²) in [4.78, 5) is 0. The molecular formula is C34H46O7Si. The highest BCUT2D eigenvalue weighted by atomic mass is 28.4. The van der Waals surface area contributed by atoms with Gasteiger partial charge >= 0.3 is 9.05 Å². The molecule has 0 heterocycles. The van der Waals surface area contributed by atoms with E-state index in [1.807, 2.05) is 91.0 Å². The Kier molecular flexibility index (Phi) is 15.8. The second-order valence-corrected chi connectivity index (χ2v) is 12.3. The van der Waals surface area contributed by atoms with Crippen LogP contribution >= 0.6 is 0 Å². The van der Waals surface area contributed by atoms with Crippen molar-refractivity contribution in [3.63, 3.8) is 0 Å². The molecule has 1 atom stereocenters. The molecule has 228 valence electrons. The van der Waals surface area contributed by atoms with Crippen molar-refractivity contribution in [2.45, 2.75) is 40.0 Å². The number of ether oxygens (including phenoxy) is 3. The highest BCUT2D eigenvalue weighted by molar-refractivity contribution is 6.53. The van der Waals surface area contributed by atoms with Gasteiger partial charge in [0.15, 0.2) is 0 Å². The number of rotatable bonds is 22. The van der Waals surface area contributed by atoms with Gasteiger partial charge < -0.3 is 31.9 Å². The highest BCUT2D eigenvalue weighted by Gasteiger charge is 2.46. The van der Waals surface area contributed by atoms with Crippen molar-refractivity contribution >= 4 is 9.05 Å². The number of hydrogen-bond donors (Lipinski definition) is 0. The summed E-state index contributed by atoms with van der Waals surface area (Å²) in [6.07, 6.45) is 5.29. The van der Waals surface area contributed by atoms with Gasteiger partial charge in [-0.15, -0.1) is 0 Å². The first-order valence-corrected chi connectivity index (χ1v) is 16.4. The van der Waals surface area contributed by atoms with Gasteiger partial charge in [0.1, 0.15) is 37.1 Å². The summed E-state index contributed by atoms with van der Waals surface area (Å²) in [7, 11) is -3.58. The third kappa shape index (κ3) is 14.2. The zero-order valence-electron chi connectivity index (χ0n) is 25.2. The molecule has 0 aliphatic carbocycles. The molecule has 0 N–H and O–H groups in total. The van der Waals surface area contributed by atoms with Gasteiger partial charge in [-0.1, -0.05) is 73.2 Å². The van der Waals surface area contributed by atoms with E-state index < -0.39 is 9.05 Å². The normalized spacial score (nSPS) is 12.0. The Bertz CT molecular complexity index is 993. The second-order valence-electron chi connectivity index (χ2n) is 10.1. The molecule has 0 aliphatic heterocycles. The van der Waals surface area contributed by atoms with Crippen molar-refractivity contribution < 1.29 is 31.9 Å². The van der Waals surface area contributed by atoms with E-state index in [0.29, 0.717) is 32.3 Å². The smallest absolute Gasteiger partial charge is 0.491 e. The summed E-state index contributed by atoms with van der Waals surface area (Å²) in [5.41, 5.74) is 1.34. The van der Waals surface area contributed by atoms with E-state index in [-0.39, 0.29) is 19.8 Å². The SMILES string of the molecule is CC(C)=CCCC(C)CCO[Si](OCCOc1ccccc1)(OCCOc1ccccc1)OCCOc1ccccc1. The van der Waals surface area contributed by atoms with E-state index in [1.165, 1.54) is 5.57 Å². The van der Waals surface area contributed by atoms with Crippen molar-refractivity contribution in [2.75, 3.05) is 46.2 Å². The molecule has 42 heavy (non-hydrogen) atoms. The molecule has 0 saturated carbocycles. The van der Waals surface area contributed by atoms with Gasteiger partial charge in [0.2, 0.25) is 0 Å². The minimum absolute atomic E-state index is 0.246. The topological polar surface area (TPSA) is 64.6 Å². The number of para-hydroxylation sites is 3. The first-order chi connectivity index (χ1) is 20.5. The van der Waals surface area contributed by atoms with Gasteiger partial charge in [0, 0.05) is 6.61 Å². The van der Waals surface area contributed by atoms with Gasteiger partial charge in [0.25, 0.3) is 0 Å². The molecule has 0 spiro atoms. The maximum absolute atomic E-state index is 6.37. The van der Waals surface area contributed by atoms with Gasteiger partial charge in [-0.25, -0.2) is 0 Å². The third-order valence-corrected chi connectivity index (χ3v) is 8.45. The fourth-order valence-corrected chi connectivity index (χ4v) is 5.83. The van der Waals surface area contributed by atoms with E-state index in [1.54, 1.807) is 0 Å². The van der Waals surface area contributed by atoms with Crippen LogP contribution in [0.3, 0.4) is 0 Å². The molecule has 0 radical (unpaired) electrons. The lowest BCUT2D eigenvalue weighted by Gasteiger charge is -2.29. The summed E-state index contributed by atoms with van der Waals surface area (Å²) < 4.78 is 42.8. The standard InChI is InChI=1S/C34H46O7Si/c1-30(2)14-13-15-31(3)22-23-38-42(39-27-24-35-32-16-7-4-8-17-32,40-28-25-36-33-18-9-5-10-19-33)41-29-26-37-34-20-11-6-12-21-34/h4-12,14,16-21,31H,13,15,22-29H2,1-3H3. The molecule has 0 aliphatic rings. The second kappa shape index (κ2) is 19.9. The van der Waals surface area contributed by atoms with E-state index >= 15 is 0 Å². The summed E-state index contributed by atoms with van der Waals surface area (Å²) in [5, 5.41) is 0. The summed E-state index contributed by atoms with van der Waals surface area (Å²) in [5.74, 6) is 2.80. The van der Waals surface area contributed by atoms with Crippen LogP contribution in [0.5, 0.6) is 17.2 Å². The highest BCUT2D eigenvalue weighted by Crippen LogP contribution is 2.18. The largest absolute Gasteiger partial charge is 0.680 e. The van der Waals surface area contributed by atoms with Crippen molar-refractivity contribution in [1.29, 1.82) is 0 Å². The fraction of sp³-hybridized carbons (Fsp3) is 0.412. The lowest BCUT2D eigenvalue weighted by atomic mass is 10.0. The van der Waals surface area contributed by atoms with Gasteiger partial charge in [0.05, 0.1) is 19.8 Å². The molecule has 0 bridgehead atoms. The van der Waals surface area contributed by atoms with Crippen LogP contribution in [0.1, 0.15) is 40.0 Å². The Morgan fingerprint density at radius 2 is 0.929 bits per heavy atom. The minimum atomic E-state index is -3.58. The van der Waals surface area contributed by atoms with Gasteiger partial charge in [-0.3, -0.25) is 0 Å². The van der Waals surface area contributed by atoms with Crippen LogP contribution in [-0.2, 0) is 17.7 Å². The van der Waals surface area contributed by atoms with Gasteiger partial charge in [-0.2, -0.15) is 0 Å². The monoisotopic (exact) mass is 594 g/mol. The van der Waals surface area contributed by atoms with Crippen LogP contribution in [0.4, 0.5) is 0 Å². The zero-order valence-corrected chi connectivity index (χ0v) is 26.2. The Hall–Kier alpha value is -3.14. The van der Waals surface area contributed by atoms with E-state index in [4.69, 9.17) is 31.9 Å². The van der Waals surface area contributed by atoms with Crippen molar-refractivity contribution in [1.82, 2.24) is 0 Å². The Morgan fingerprint density at radius 1 is 0.548 bits per heavy atom.